The molecule has 8 heteroatoms. The fraction of sp³-hybridized carbons (Fsp3) is 0.526. The summed E-state index contributed by atoms with van der Waals surface area (Å²) in [4.78, 5) is 28.3. The first-order valence-corrected chi connectivity index (χ1v) is 9.62. The summed E-state index contributed by atoms with van der Waals surface area (Å²) in [5.74, 6) is -0.527. The zero-order chi connectivity index (χ0) is 19.8. The number of likely N-dealkylation sites (N-methyl/N-ethyl adjacent to an activating group) is 1. The summed E-state index contributed by atoms with van der Waals surface area (Å²) in [6, 6.07) is 5.35. The third-order valence-electron chi connectivity index (χ3n) is 4.52. The van der Waals surface area contributed by atoms with Gasteiger partial charge < -0.3 is 25.2 Å². The number of unbranched alkanes of at least 4 members (excludes halogenated alkanes) is 1. The molecule has 1 fully saturated rings. The third kappa shape index (κ3) is 6.18. The van der Waals surface area contributed by atoms with Gasteiger partial charge in [0.2, 0.25) is 5.91 Å². The maximum Gasteiger partial charge on any atom is 0.337 e. The van der Waals surface area contributed by atoms with E-state index in [9.17, 15) is 9.59 Å². The monoisotopic (exact) mass is 392 g/mol. The highest BCUT2D eigenvalue weighted by Crippen LogP contribution is 2.28. The van der Waals surface area contributed by atoms with Crippen LogP contribution >= 0.6 is 12.2 Å². The summed E-state index contributed by atoms with van der Waals surface area (Å²) >= 11 is 5.29. The Balaban J connectivity index is 2.18. The van der Waals surface area contributed by atoms with E-state index in [-0.39, 0.29) is 11.0 Å². The van der Waals surface area contributed by atoms with Crippen LogP contribution in [0.15, 0.2) is 18.2 Å². The van der Waals surface area contributed by atoms with E-state index in [0.717, 1.165) is 44.7 Å². The van der Waals surface area contributed by atoms with Crippen molar-refractivity contribution in [1.29, 1.82) is 0 Å². The number of carbonyl (C=O) groups is 2. The maximum atomic E-state index is 11.9. The van der Waals surface area contributed by atoms with Crippen LogP contribution in [0.3, 0.4) is 0 Å². The molecule has 0 spiro atoms. The van der Waals surface area contributed by atoms with Crippen LogP contribution in [-0.2, 0) is 9.53 Å². The minimum atomic E-state index is -0.416. The molecule has 0 radical (unpaired) electrons. The lowest BCUT2D eigenvalue weighted by atomic mass is 10.1. The number of nitrogens with zero attached hydrogens (tertiary/aromatic N) is 2. The Morgan fingerprint density at radius 2 is 1.93 bits per heavy atom. The van der Waals surface area contributed by atoms with Crippen molar-refractivity contribution >= 4 is 40.6 Å². The Kier molecular flexibility index (Phi) is 7.99. The average molecular weight is 393 g/mol. The Morgan fingerprint density at radius 1 is 1.22 bits per heavy atom. The molecule has 148 valence electrons. The molecule has 7 nitrogen and oxygen atoms in total. The number of nitrogens with one attached hydrogen (secondary N) is 2. The van der Waals surface area contributed by atoms with E-state index in [1.807, 2.05) is 13.0 Å². The van der Waals surface area contributed by atoms with E-state index >= 15 is 0 Å². The zero-order valence-electron chi connectivity index (χ0n) is 16.2. The zero-order valence-corrected chi connectivity index (χ0v) is 17.0. The van der Waals surface area contributed by atoms with Gasteiger partial charge in [0.15, 0.2) is 5.11 Å². The number of esters is 1. The Bertz CT molecular complexity index is 688. The van der Waals surface area contributed by atoms with E-state index < -0.39 is 5.97 Å². The van der Waals surface area contributed by atoms with Crippen molar-refractivity contribution in [2.45, 2.75) is 26.2 Å². The first-order chi connectivity index (χ1) is 12.9. The molecule has 0 aromatic heterocycles. The van der Waals surface area contributed by atoms with E-state index in [1.54, 1.807) is 12.1 Å². The number of methoxy groups -OCH3 is 1. The van der Waals surface area contributed by atoms with Gasteiger partial charge in [0.1, 0.15) is 0 Å². The molecule has 1 heterocycles. The number of benzene rings is 1. The van der Waals surface area contributed by atoms with Gasteiger partial charge in [-0.05, 0) is 43.9 Å². The summed E-state index contributed by atoms with van der Waals surface area (Å²) in [6.45, 7) is 5.69. The number of rotatable bonds is 6. The highest BCUT2D eigenvalue weighted by atomic mass is 32.1. The normalized spacial score (nSPS) is 14.6. The number of ether oxygens (including phenoxy) is 1. The molecule has 0 bridgehead atoms. The molecule has 0 saturated carbocycles. The number of amides is 1. The fourth-order valence-corrected chi connectivity index (χ4v) is 3.11. The van der Waals surface area contributed by atoms with E-state index in [1.165, 1.54) is 7.11 Å². The molecule has 1 aliphatic rings. The molecule has 1 aromatic carbocycles. The molecule has 0 atom stereocenters. The predicted molar refractivity (Wildman–Crippen MR) is 111 cm³/mol. The van der Waals surface area contributed by atoms with Crippen molar-refractivity contribution in [2.24, 2.45) is 0 Å². The second kappa shape index (κ2) is 10.2. The van der Waals surface area contributed by atoms with Gasteiger partial charge in [0.05, 0.1) is 24.0 Å². The van der Waals surface area contributed by atoms with Crippen LogP contribution in [0.2, 0.25) is 0 Å². The predicted octanol–water partition coefficient (Wildman–Crippen LogP) is 2.23. The van der Waals surface area contributed by atoms with Crippen molar-refractivity contribution in [2.75, 3.05) is 50.6 Å². The molecule has 1 saturated heterocycles. The SMILES string of the molecule is CCCCC(=O)NC(=S)Nc1cc(C(=O)OC)ccc1N1CCN(C)CC1. The molecule has 1 aliphatic heterocycles. The molecule has 0 aliphatic carbocycles. The van der Waals surface area contributed by atoms with Crippen LogP contribution < -0.4 is 15.5 Å². The number of anilines is 2. The summed E-state index contributed by atoms with van der Waals surface area (Å²) in [5.41, 5.74) is 2.06. The van der Waals surface area contributed by atoms with Gasteiger partial charge >= 0.3 is 5.97 Å². The molecule has 2 N–H and O–H groups in total. The van der Waals surface area contributed by atoms with Gasteiger partial charge in [-0.15, -0.1) is 0 Å². The second-order valence-corrected chi connectivity index (χ2v) is 7.03. The number of hydrogen-bond acceptors (Lipinski definition) is 6. The van der Waals surface area contributed by atoms with Crippen LogP contribution in [-0.4, -0.2) is 62.2 Å². The average Bonchev–Trinajstić information content (AvgIpc) is 2.66. The van der Waals surface area contributed by atoms with Crippen molar-refractivity contribution in [1.82, 2.24) is 10.2 Å². The number of carbonyl (C=O) groups excluding carboxylic acids is 2. The summed E-state index contributed by atoms with van der Waals surface area (Å²) < 4.78 is 4.81. The van der Waals surface area contributed by atoms with Gasteiger partial charge in [-0.1, -0.05) is 13.3 Å². The lowest BCUT2D eigenvalue weighted by Crippen LogP contribution is -2.45. The highest BCUT2D eigenvalue weighted by Gasteiger charge is 2.19. The van der Waals surface area contributed by atoms with Crippen LogP contribution in [0.25, 0.3) is 0 Å². The summed E-state index contributed by atoms with van der Waals surface area (Å²) in [7, 11) is 3.44. The van der Waals surface area contributed by atoms with Gasteiger partial charge in [-0.2, -0.15) is 0 Å². The Hall–Kier alpha value is -2.19. The first kappa shape index (κ1) is 21.1. The Morgan fingerprint density at radius 3 is 2.56 bits per heavy atom. The molecule has 0 unspecified atom stereocenters. The minimum absolute atomic E-state index is 0.111. The number of piperazine rings is 1. The minimum Gasteiger partial charge on any atom is -0.465 e. The quantitative estimate of drug-likeness (QED) is 0.568. The van der Waals surface area contributed by atoms with Crippen LogP contribution in [0.4, 0.5) is 11.4 Å². The lowest BCUT2D eigenvalue weighted by molar-refractivity contribution is -0.119. The number of thiocarbonyl (C=S) groups is 1. The smallest absolute Gasteiger partial charge is 0.337 e. The van der Waals surface area contributed by atoms with E-state index in [4.69, 9.17) is 17.0 Å². The number of hydrogen-bond donors (Lipinski definition) is 2. The van der Waals surface area contributed by atoms with Crippen LogP contribution in [0.5, 0.6) is 0 Å². The van der Waals surface area contributed by atoms with Crippen molar-refractivity contribution in [3.05, 3.63) is 23.8 Å². The van der Waals surface area contributed by atoms with Crippen molar-refractivity contribution < 1.29 is 14.3 Å². The van der Waals surface area contributed by atoms with Gasteiger partial charge in [-0.3, -0.25) is 4.79 Å². The van der Waals surface area contributed by atoms with Crippen molar-refractivity contribution in [3.8, 4) is 0 Å². The highest BCUT2D eigenvalue weighted by molar-refractivity contribution is 7.80. The molecular formula is C19H28N4O3S. The largest absolute Gasteiger partial charge is 0.465 e. The molecule has 2 rings (SSSR count). The lowest BCUT2D eigenvalue weighted by Gasteiger charge is -2.35. The van der Waals surface area contributed by atoms with E-state index in [2.05, 4.69) is 27.5 Å². The molecule has 27 heavy (non-hydrogen) atoms. The van der Waals surface area contributed by atoms with Gasteiger partial charge in [0, 0.05) is 32.6 Å². The molecule has 1 amide bonds. The van der Waals surface area contributed by atoms with Gasteiger partial charge in [-0.25, -0.2) is 4.79 Å². The summed E-state index contributed by atoms with van der Waals surface area (Å²) in [6.07, 6.45) is 2.20. The summed E-state index contributed by atoms with van der Waals surface area (Å²) in [5, 5.41) is 6.01. The fourth-order valence-electron chi connectivity index (χ4n) is 2.88. The van der Waals surface area contributed by atoms with Crippen LogP contribution in [0.1, 0.15) is 36.5 Å². The Labute approximate surface area is 166 Å². The first-order valence-electron chi connectivity index (χ1n) is 9.21. The molecule has 1 aromatic rings. The van der Waals surface area contributed by atoms with Crippen molar-refractivity contribution in [3.63, 3.8) is 0 Å². The standard InChI is InChI=1S/C19H28N4O3S/c1-4-5-6-17(24)21-19(27)20-15-13-14(18(25)26-3)7-8-16(15)23-11-9-22(2)10-12-23/h7-8,13H,4-6,9-12H2,1-3H3,(H2,20,21,24,27). The third-order valence-corrected chi connectivity index (χ3v) is 4.72. The van der Waals surface area contributed by atoms with E-state index in [0.29, 0.717) is 17.7 Å². The van der Waals surface area contributed by atoms with Crippen LogP contribution in [0, 0.1) is 0 Å². The van der Waals surface area contributed by atoms with Gasteiger partial charge in [0.25, 0.3) is 0 Å². The maximum absolute atomic E-state index is 11.9. The molecular weight excluding hydrogens is 364 g/mol. The topological polar surface area (TPSA) is 73.9 Å². The second-order valence-electron chi connectivity index (χ2n) is 6.62.